The third-order valence-electron chi connectivity index (χ3n) is 3.16. The summed E-state index contributed by atoms with van der Waals surface area (Å²) in [5.41, 5.74) is 5.97. The van der Waals surface area contributed by atoms with E-state index < -0.39 is 5.54 Å². The lowest BCUT2D eigenvalue weighted by molar-refractivity contribution is -0.136. The lowest BCUT2D eigenvalue weighted by atomic mass is 9.98. The average Bonchev–Trinajstić information content (AvgIpc) is 2.79. The van der Waals surface area contributed by atoms with Crippen LogP contribution >= 0.6 is 0 Å². The Balaban J connectivity index is 2.01. The summed E-state index contributed by atoms with van der Waals surface area (Å²) in [6.07, 6.45) is 0.541. The van der Waals surface area contributed by atoms with Crippen LogP contribution in [0, 0.1) is 5.82 Å². The van der Waals surface area contributed by atoms with Crippen molar-refractivity contribution < 1.29 is 13.9 Å². The van der Waals surface area contributed by atoms with E-state index in [1.807, 2.05) is 0 Å². The van der Waals surface area contributed by atoms with Gasteiger partial charge in [0.25, 0.3) is 0 Å². The second-order valence-corrected chi connectivity index (χ2v) is 4.75. The quantitative estimate of drug-likeness (QED) is 0.869. The molecule has 0 spiro atoms. The van der Waals surface area contributed by atoms with E-state index in [2.05, 4.69) is 0 Å². The topological polar surface area (TPSA) is 55.6 Å². The van der Waals surface area contributed by atoms with Gasteiger partial charge < -0.3 is 15.4 Å². The van der Waals surface area contributed by atoms with Crippen LogP contribution in [0.15, 0.2) is 24.3 Å². The molecule has 1 unspecified atom stereocenters. The number of nitrogens with zero attached hydrogens (tertiary/aromatic N) is 1. The average molecular weight is 252 g/mol. The van der Waals surface area contributed by atoms with Crippen LogP contribution in [-0.2, 0) is 16.1 Å². The minimum absolute atomic E-state index is 0.135. The number of hydrogen-bond donors (Lipinski definition) is 1. The molecule has 1 saturated heterocycles. The van der Waals surface area contributed by atoms with Gasteiger partial charge in [0.05, 0.1) is 6.61 Å². The summed E-state index contributed by atoms with van der Waals surface area (Å²) < 4.78 is 17.9. The number of nitrogens with two attached hydrogens (primary N) is 1. The molecule has 98 valence electrons. The molecule has 0 radical (unpaired) electrons. The van der Waals surface area contributed by atoms with E-state index in [4.69, 9.17) is 10.5 Å². The van der Waals surface area contributed by atoms with Gasteiger partial charge in [0.1, 0.15) is 11.4 Å². The molecule has 0 saturated carbocycles. The molecule has 2 N–H and O–H groups in total. The number of likely N-dealkylation sites (N-methyl/N-ethyl adjacent to an activating group) is 1. The van der Waals surface area contributed by atoms with Crippen molar-refractivity contribution in [3.8, 4) is 0 Å². The highest BCUT2D eigenvalue weighted by Gasteiger charge is 2.40. The Labute approximate surface area is 106 Å². The molecule has 2 rings (SSSR count). The number of halogens is 1. The van der Waals surface area contributed by atoms with E-state index in [1.165, 1.54) is 12.1 Å². The maximum absolute atomic E-state index is 12.8. The summed E-state index contributed by atoms with van der Waals surface area (Å²) in [6.45, 7) is 1.20. The summed E-state index contributed by atoms with van der Waals surface area (Å²) >= 11 is 0. The highest BCUT2D eigenvalue weighted by Crippen LogP contribution is 2.19. The summed E-state index contributed by atoms with van der Waals surface area (Å²) in [7, 11) is 1.69. The second-order valence-electron chi connectivity index (χ2n) is 4.75. The van der Waals surface area contributed by atoms with Gasteiger partial charge in [0.2, 0.25) is 5.91 Å². The molecule has 1 heterocycles. The first-order valence-corrected chi connectivity index (χ1v) is 5.88. The summed E-state index contributed by atoms with van der Waals surface area (Å²) in [5, 5.41) is 0. The monoisotopic (exact) mass is 252 g/mol. The van der Waals surface area contributed by atoms with Crippen LogP contribution in [0.4, 0.5) is 4.39 Å². The Bertz CT molecular complexity index is 427. The van der Waals surface area contributed by atoms with Gasteiger partial charge in [-0.3, -0.25) is 4.79 Å². The molecule has 1 aliphatic heterocycles. The fourth-order valence-electron chi connectivity index (χ4n) is 2.07. The molecule has 18 heavy (non-hydrogen) atoms. The summed E-state index contributed by atoms with van der Waals surface area (Å²) in [5.74, 6) is -0.420. The SMILES string of the molecule is CN(Cc1ccc(F)cc1)C(=O)C1(N)CCOC1. The fraction of sp³-hybridized carbons (Fsp3) is 0.462. The highest BCUT2D eigenvalue weighted by atomic mass is 19.1. The number of carbonyl (C=O) groups excluding carboxylic acids is 1. The predicted molar refractivity (Wildman–Crippen MR) is 65.2 cm³/mol. The van der Waals surface area contributed by atoms with Crippen LogP contribution in [0.1, 0.15) is 12.0 Å². The van der Waals surface area contributed by atoms with E-state index in [9.17, 15) is 9.18 Å². The summed E-state index contributed by atoms with van der Waals surface area (Å²) in [6, 6.07) is 6.08. The molecule has 1 aliphatic rings. The van der Waals surface area contributed by atoms with Gasteiger partial charge in [-0.2, -0.15) is 0 Å². The van der Waals surface area contributed by atoms with Gasteiger partial charge in [-0.25, -0.2) is 4.39 Å². The van der Waals surface area contributed by atoms with Crippen molar-refractivity contribution >= 4 is 5.91 Å². The van der Waals surface area contributed by atoms with Crippen molar-refractivity contribution in [3.05, 3.63) is 35.6 Å². The molecular weight excluding hydrogens is 235 g/mol. The van der Waals surface area contributed by atoms with Crippen molar-refractivity contribution in [1.82, 2.24) is 4.90 Å². The van der Waals surface area contributed by atoms with E-state index in [0.29, 0.717) is 19.6 Å². The normalized spacial score (nSPS) is 23.1. The third kappa shape index (κ3) is 2.68. The number of amides is 1. The van der Waals surface area contributed by atoms with Crippen LogP contribution in [0.3, 0.4) is 0 Å². The molecule has 4 nitrogen and oxygen atoms in total. The van der Waals surface area contributed by atoms with E-state index in [0.717, 1.165) is 5.56 Å². The van der Waals surface area contributed by atoms with E-state index in [-0.39, 0.29) is 18.3 Å². The molecule has 1 amide bonds. The van der Waals surface area contributed by atoms with Crippen molar-refractivity contribution in [1.29, 1.82) is 0 Å². The van der Waals surface area contributed by atoms with Gasteiger partial charge in [-0.05, 0) is 24.1 Å². The van der Waals surface area contributed by atoms with Crippen molar-refractivity contribution in [2.45, 2.75) is 18.5 Å². The predicted octanol–water partition coefficient (Wildman–Crippen LogP) is 0.902. The van der Waals surface area contributed by atoms with Crippen LogP contribution in [0.25, 0.3) is 0 Å². The number of benzene rings is 1. The fourth-order valence-corrected chi connectivity index (χ4v) is 2.07. The Morgan fingerprint density at radius 1 is 1.50 bits per heavy atom. The number of rotatable bonds is 3. The van der Waals surface area contributed by atoms with Gasteiger partial charge in [0, 0.05) is 20.2 Å². The number of hydrogen-bond acceptors (Lipinski definition) is 3. The Hall–Kier alpha value is -1.46. The zero-order chi connectivity index (χ0) is 13.2. The molecule has 1 atom stereocenters. The molecule has 1 aromatic carbocycles. The molecular formula is C13H17FN2O2. The zero-order valence-corrected chi connectivity index (χ0v) is 10.4. The highest BCUT2D eigenvalue weighted by molar-refractivity contribution is 5.86. The Kier molecular flexibility index (Phi) is 3.63. The first-order valence-electron chi connectivity index (χ1n) is 5.88. The maximum atomic E-state index is 12.8. The van der Waals surface area contributed by atoms with Gasteiger partial charge in [-0.15, -0.1) is 0 Å². The number of ether oxygens (including phenoxy) is 1. The van der Waals surface area contributed by atoms with Crippen LogP contribution in [0.2, 0.25) is 0 Å². The molecule has 0 aliphatic carbocycles. The minimum Gasteiger partial charge on any atom is -0.379 e. The third-order valence-corrected chi connectivity index (χ3v) is 3.16. The standard InChI is InChI=1S/C13H17FN2O2/c1-16(8-10-2-4-11(14)5-3-10)12(17)13(15)6-7-18-9-13/h2-5H,6-9,15H2,1H3. The smallest absolute Gasteiger partial charge is 0.245 e. The lowest BCUT2D eigenvalue weighted by Gasteiger charge is -2.27. The lowest BCUT2D eigenvalue weighted by Crippen LogP contribution is -2.54. The van der Waals surface area contributed by atoms with Gasteiger partial charge >= 0.3 is 0 Å². The van der Waals surface area contributed by atoms with Crippen LogP contribution in [0.5, 0.6) is 0 Å². The first-order chi connectivity index (χ1) is 8.51. The van der Waals surface area contributed by atoms with Crippen molar-refractivity contribution in [2.75, 3.05) is 20.3 Å². The van der Waals surface area contributed by atoms with Gasteiger partial charge in [0.15, 0.2) is 0 Å². The molecule has 1 aromatic rings. The van der Waals surface area contributed by atoms with Crippen LogP contribution < -0.4 is 5.73 Å². The molecule has 0 bridgehead atoms. The Morgan fingerprint density at radius 2 is 2.17 bits per heavy atom. The molecule has 1 fully saturated rings. The van der Waals surface area contributed by atoms with Crippen LogP contribution in [-0.4, -0.2) is 36.6 Å². The van der Waals surface area contributed by atoms with E-state index >= 15 is 0 Å². The maximum Gasteiger partial charge on any atom is 0.245 e. The second kappa shape index (κ2) is 5.04. The molecule has 0 aromatic heterocycles. The summed E-state index contributed by atoms with van der Waals surface area (Å²) in [4.78, 5) is 13.7. The largest absolute Gasteiger partial charge is 0.379 e. The Morgan fingerprint density at radius 3 is 2.72 bits per heavy atom. The minimum atomic E-state index is -0.908. The van der Waals surface area contributed by atoms with Crippen molar-refractivity contribution in [3.63, 3.8) is 0 Å². The van der Waals surface area contributed by atoms with Gasteiger partial charge in [-0.1, -0.05) is 12.1 Å². The van der Waals surface area contributed by atoms with Crippen molar-refractivity contribution in [2.24, 2.45) is 5.73 Å². The van der Waals surface area contributed by atoms with E-state index in [1.54, 1.807) is 24.1 Å². The molecule has 5 heteroatoms. The first kappa shape index (κ1) is 13.0. The zero-order valence-electron chi connectivity index (χ0n) is 10.4. The number of carbonyl (C=O) groups is 1.